The molecule has 0 saturated heterocycles. The molecule has 10 nitrogen and oxygen atoms in total. The monoisotopic (exact) mass is 399 g/mol. The van der Waals surface area contributed by atoms with Crippen LogP contribution in [0.2, 0.25) is 0 Å². The molecule has 28 heavy (non-hydrogen) atoms. The molecule has 2 aromatic heterocycles. The molecule has 0 saturated carbocycles. The molecule has 11 heteroatoms. The lowest BCUT2D eigenvalue weighted by Gasteiger charge is -2.00. The van der Waals surface area contributed by atoms with Crippen molar-refractivity contribution in [2.75, 3.05) is 6.54 Å². The molecular formula is C17H13N5O5S. The lowest BCUT2D eigenvalue weighted by atomic mass is 10.2. The summed E-state index contributed by atoms with van der Waals surface area (Å²) in [6.07, 6.45) is 3.20. The molecule has 0 amide bonds. The van der Waals surface area contributed by atoms with Crippen molar-refractivity contribution in [3.05, 3.63) is 60.2 Å². The molecule has 1 aliphatic rings. The number of nitrogens with one attached hydrogen (secondary N) is 1. The summed E-state index contributed by atoms with van der Waals surface area (Å²) >= 11 is 0. The van der Waals surface area contributed by atoms with E-state index in [0.717, 1.165) is 0 Å². The highest BCUT2D eigenvalue weighted by atomic mass is 32.2. The summed E-state index contributed by atoms with van der Waals surface area (Å²) in [6, 6.07) is 9.87. The number of carbonyl (C=O) groups is 1. The Hall–Kier alpha value is -3.60. The summed E-state index contributed by atoms with van der Waals surface area (Å²) in [5, 5.41) is 3.79. The first kappa shape index (κ1) is 17.8. The van der Waals surface area contributed by atoms with Crippen LogP contribution in [0, 0.1) is 0 Å². The molecule has 1 aliphatic heterocycles. The summed E-state index contributed by atoms with van der Waals surface area (Å²) in [4.78, 5) is 24.1. The van der Waals surface area contributed by atoms with Gasteiger partial charge in [0.2, 0.25) is 5.82 Å². The average molecular weight is 399 g/mol. The molecule has 0 aliphatic carbocycles. The maximum Gasteiger partial charge on any atom is 0.328 e. The standard InChI is InChI=1S/C17H13N5O5S/c23-15(9-19-17-12-5-1-2-6-13(12)28(24,25)22-17)26-10-14-20-16(21-27-14)11-4-3-7-18-8-11/h1-8H,9-10H2,(H,19,22). The number of nitrogens with zero attached hydrogens (tertiary/aromatic N) is 4. The van der Waals surface area contributed by atoms with Crippen LogP contribution >= 0.6 is 0 Å². The summed E-state index contributed by atoms with van der Waals surface area (Å²) < 4.78 is 36.4. The number of rotatable bonds is 5. The predicted octanol–water partition coefficient (Wildman–Crippen LogP) is 0.913. The van der Waals surface area contributed by atoms with Crippen LogP contribution in [0.1, 0.15) is 11.5 Å². The molecule has 0 radical (unpaired) electrons. The number of ether oxygens (including phenoxy) is 1. The second-order valence-corrected chi connectivity index (χ2v) is 7.33. The molecule has 0 atom stereocenters. The van der Waals surface area contributed by atoms with E-state index in [2.05, 4.69) is 24.8 Å². The first-order valence-corrected chi connectivity index (χ1v) is 9.56. The third-order valence-corrected chi connectivity index (χ3v) is 5.17. The van der Waals surface area contributed by atoms with Gasteiger partial charge >= 0.3 is 5.97 Å². The number of esters is 1. The van der Waals surface area contributed by atoms with E-state index in [0.29, 0.717) is 17.0 Å². The number of hydrogen-bond acceptors (Lipinski definition) is 9. The Labute approximate surface area is 159 Å². The number of carbonyl (C=O) groups excluding carboxylic acids is 1. The average Bonchev–Trinajstić information content (AvgIpc) is 3.28. The van der Waals surface area contributed by atoms with E-state index in [1.807, 2.05) is 0 Å². The topological polar surface area (TPSA) is 137 Å². The molecule has 1 aromatic carbocycles. The van der Waals surface area contributed by atoms with Crippen molar-refractivity contribution < 1.29 is 22.5 Å². The van der Waals surface area contributed by atoms with Crippen LogP contribution in [0.15, 0.2) is 63.2 Å². The molecule has 4 rings (SSSR count). The SMILES string of the molecule is O=C(CN=C1NS(=O)(=O)c2ccccc21)OCc1nc(-c2cccnc2)no1. The largest absolute Gasteiger partial charge is 0.454 e. The molecular weight excluding hydrogens is 386 g/mol. The molecule has 0 unspecified atom stereocenters. The summed E-state index contributed by atoms with van der Waals surface area (Å²) in [5.74, 6) is -0.121. The van der Waals surface area contributed by atoms with E-state index in [1.54, 1.807) is 42.7 Å². The van der Waals surface area contributed by atoms with Gasteiger partial charge in [0.25, 0.3) is 15.9 Å². The first-order valence-electron chi connectivity index (χ1n) is 8.08. The third kappa shape index (κ3) is 3.60. The van der Waals surface area contributed by atoms with Crippen LogP contribution in [0.5, 0.6) is 0 Å². The van der Waals surface area contributed by atoms with E-state index in [9.17, 15) is 13.2 Å². The van der Waals surface area contributed by atoms with Gasteiger partial charge in [0.1, 0.15) is 12.4 Å². The van der Waals surface area contributed by atoms with Gasteiger partial charge in [0, 0.05) is 23.5 Å². The number of aliphatic imine (C=N–C) groups is 1. The fourth-order valence-electron chi connectivity index (χ4n) is 2.51. The highest BCUT2D eigenvalue weighted by Crippen LogP contribution is 2.22. The number of amidine groups is 1. The van der Waals surface area contributed by atoms with Crippen LogP contribution in [-0.4, -0.2) is 41.9 Å². The lowest BCUT2D eigenvalue weighted by Crippen LogP contribution is -2.23. The minimum absolute atomic E-state index is 0.101. The number of fused-ring (bicyclic) bond motifs is 1. The van der Waals surface area contributed by atoms with E-state index >= 15 is 0 Å². The van der Waals surface area contributed by atoms with Gasteiger partial charge in [-0.05, 0) is 24.3 Å². The minimum Gasteiger partial charge on any atom is -0.454 e. The van der Waals surface area contributed by atoms with Crippen molar-refractivity contribution in [1.82, 2.24) is 19.8 Å². The van der Waals surface area contributed by atoms with Gasteiger partial charge in [-0.1, -0.05) is 17.3 Å². The van der Waals surface area contributed by atoms with Gasteiger partial charge in [-0.2, -0.15) is 4.98 Å². The van der Waals surface area contributed by atoms with Crippen molar-refractivity contribution in [3.8, 4) is 11.4 Å². The Bertz CT molecular complexity index is 1160. The van der Waals surface area contributed by atoms with Crippen LogP contribution < -0.4 is 4.72 Å². The van der Waals surface area contributed by atoms with Gasteiger partial charge in [-0.25, -0.2) is 8.42 Å². The fourth-order valence-corrected chi connectivity index (χ4v) is 3.76. The van der Waals surface area contributed by atoms with Crippen LogP contribution in [0.3, 0.4) is 0 Å². The Balaban J connectivity index is 1.37. The smallest absolute Gasteiger partial charge is 0.328 e. The van der Waals surface area contributed by atoms with Crippen LogP contribution in [0.4, 0.5) is 0 Å². The quantitative estimate of drug-likeness (QED) is 0.625. The maximum atomic E-state index is 12.0. The minimum atomic E-state index is -3.65. The van der Waals surface area contributed by atoms with E-state index < -0.39 is 16.0 Å². The van der Waals surface area contributed by atoms with Gasteiger partial charge in [-0.3, -0.25) is 19.5 Å². The number of pyridine rings is 1. The van der Waals surface area contributed by atoms with Crippen molar-refractivity contribution >= 4 is 21.8 Å². The number of sulfonamides is 1. The van der Waals surface area contributed by atoms with Crippen molar-refractivity contribution in [2.45, 2.75) is 11.5 Å². The predicted molar refractivity (Wildman–Crippen MR) is 95.5 cm³/mol. The zero-order chi connectivity index (χ0) is 19.6. The zero-order valence-corrected chi connectivity index (χ0v) is 15.1. The molecule has 142 valence electrons. The number of aromatic nitrogens is 3. The molecule has 0 fully saturated rings. The van der Waals surface area contributed by atoms with E-state index in [1.165, 1.54) is 6.07 Å². The molecule has 3 heterocycles. The molecule has 3 aromatic rings. The van der Waals surface area contributed by atoms with Gasteiger partial charge in [0.15, 0.2) is 6.61 Å². The van der Waals surface area contributed by atoms with E-state index in [-0.39, 0.29) is 29.8 Å². The van der Waals surface area contributed by atoms with Gasteiger partial charge < -0.3 is 9.26 Å². The second-order valence-electron chi connectivity index (χ2n) is 5.68. The lowest BCUT2D eigenvalue weighted by molar-refractivity contribution is -0.143. The number of benzene rings is 1. The Morgan fingerprint density at radius 3 is 2.89 bits per heavy atom. The van der Waals surface area contributed by atoms with Crippen molar-refractivity contribution in [3.63, 3.8) is 0 Å². The van der Waals surface area contributed by atoms with Crippen molar-refractivity contribution in [1.29, 1.82) is 0 Å². The van der Waals surface area contributed by atoms with Gasteiger partial charge in [-0.15, -0.1) is 0 Å². The summed E-state index contributed by atoms with van der Waals surface area (Å²) in [6.45, 7) is -0.588. The summed E-state index contributed by atoms with van der Waals surface area (Å²) in [7, 11) is -3.65. The zero-order valence-electron chi connectivity index (χ0n) is 14.3. The molecule has 0 spiro atoms. The fraction of sp³-hybridized carbons (Fsp3) is 0.118. The van der Waals surface area contributed by atoms with Crippen molar-refractivity contribution in [2.24, 2.45) is 4.99 Å². The Morgan fingerprint density at radius 2 is 2.07 bits per heavy atom. The normalized spacial score (nSPS) is 15.8. The molecule has 0 bridgehead atoms. The first-order chi connectivity index (χ1) is 13.5. The Morgan fingerprint density at radius 1 is 1.21 bits per heavy atom. The van der Waals surface area contributed by atoms with Crippen LogP contribution in [-0.2, 0) is 26.2 Å². The van der Waals surface area contributed by atoms with Crippen LogP contribution in [0.25, 0.3) is 11.4 Å². The highest BCUT2D eigenvalue weighted by molar-refractivity contribution is 7.90. The second kappa shape index (κ2) is 7.19. The Kier molecular flexibility index (Phi) is 4.57. The van der Waals surface area contributed by atoms with E-state index in [4.69, 9.17) is 9.26 Å². The van der Waals surface area contributed by atoms with Gasteiger partial charge in [0.05, 0.1) is 4.90 Å². The molecule has 1 N–H and O–H groups in total. The number of hydrogen-bond donors (Lipinski definition) is 1. The third-order valence-electron chi connectivity index (χ3n) is 3.77. The maximum absolute atomic E-state index is 12.0. The summed E-state index contributed by atoms with van der Waals surface area (Å²) in [5.41, 5.74) is 1.08. The highest BCUT2D eigenvalue weighted by Gasteiger charge is 2.30.